The van der Waals surface area contributed by atoms with E-state index in [4.69, 9.17) is 18.0 Å². The molecular weight excluding hydrogens is 263 g/mol. The van der Waals surface area contributed by atoms with Crippen LogP contribution >= 0.6 is 12.2 Å². The van der Waals surface area contributed by atoms with Crippen LogP contribution in [0.1, 0.15) is 24.8 Å². The van der Waals surface area contributed by atoms with Crippen LogP contribution in [-0.4, -0.2) is 22.7 Å². The number of anilines is 1. The number of aromatic nitrogens is 1. The highest BCUT2D eigenvalue weighted by Gasteiger charge is 2.25. The second kappa shape index (κ2) is 6.53. The van der Waals surface area contributed by atoms with Crippen molar-refractivity contribution in [1.82, 2.24) is 4.98 Å². The Morgan fingerprint density at radius 1 is 1.39 bits per heavy atom. The number of nitrogens with one attached hydrogen (secondary N) is 1. The molecule has 1 aromatic rings. The summed E-state index contributed by atoms with van der Waals surface area (Å²) in [7, 11) is 0. The Morgan fingerprint density at radius 3 is 2.72 bits per heavy atom. The van der Waals surface area contributed by atoms with Crippen molar-refractivity contribution < 1.29 is 13.2 Å². The zero-order chi connectivity index (χ0) is 13.6. The highest BCUT2D eigenvalue weighted by molar-refractivity contribution is 7.80. The maximum Gasteiger partial charge on any atom is 0.389 e. The number of thiocarbonyl (C=S) groups is 1. The summed E-state index contributed by atoms with van der Waals surface area (Å²) in [5.74, 6) is 0.562. The molecule has 100 valence electrons. The van der Waals surface area contributed by atoms with Crippen LogP contribution in [0.5, 0.6) is 0 Å². The van der Waals surface area contributed by atoms with Crippen LogP contribution in [0, 0.1) is 0 Å². The lowest BCUT2D eigenvalue weighted by Gasteiger charge is -2.08. The van der Waals surface area contributed by atoms with Crippen LogP contribution in [0.2, 0.25) is 0 Å². The molecule has 1 aromatic heterocycles. The zero-order valence-corrected chi connectivity index (χ0v) is 10.4. The molecule has 0 aliphatic carbocycles. The van der Waals surface area contributed by atoms with Crippen LogP contribution in [0.15, 0.2) is 18.3 Å². The van der Waals surface area contributed by atoms with Crippen molar-refractivity contribution in [1.29, 1.82) is 0 Å². The van der Waals surface area contributed by atoms with Gasteiger partial charge in [-0.2, -0.15) is 13.2 Å². The molecule has 3 N–H and O–H groups in total. The molecule has 0 radical (unpaired) electrons. The monoisotopic (exact) mass is 277 g/mol. The van der Waals surface area contributed by atoms with Crippen molar-refractivity contribution in [3.63, 3.8) is 0 Å². The molecule has 0 unspecified atom stereocenters. The molecule has 0 bridgehead atoms. The summed E-state index contributed by atoms with van der Waals surface area (Å²) in [6.07, 6.45) is -2.75. The van der Waals surface area contributed by atoms with Gasteiger partial charge in [-0.15, -0.1) is 0 Å². The molecule has 0 saturated carbocycles. The summed E-state index contributed by atoms with van der Waals surface area (Å²) < 4.78 is 35.7. The van der Waals surface area contributed by atoms with E-state index in [1.165, 1.54) is 0 Å². The fraction of sp³-hybridized carbons (Fsp3) is 0.455. The van der Waals surface area contributed by atoms with E-state index < -0.39 is 12.6 Å². The lowest BCUT2D eigenvalue weighted by atomic mass is 10.2. The number of hydrogen-bond acceptors (Lipinski definition) is 3. The van der Waals surface area contributed by atoms with Crippen LogP contribution < -0.4 is 11.1 Å². The Kier molecular flexibility index (Phi) is 5.33. The summed E-state index contributed by atoms with van der Waals surface area (Å²) in [6.45, 7) is 0.434. The van der Waals surface area contributed by atoms with Crippen molar-refractivity contribution in [3.05, 3.63) is 23.9 Å². The number of rotatable bonds is 6. The Morgan fingerprint density at radius 2 is 2.11 bits per heavy atom. The van der Waals surface area contributed by atoms with E-state index in [0.717, 1.165) is 0 Å². The van der Waals surface area contributed by atoms with Gasteiger partial charge in [-0.3, -0.25) is 0 Å². The van der Waals surface area contributed by atoms with E-state index >= 15 is 0 Å². The number of nitrogens with two attached hydrogens (primary N) is 1. The van der Waals surface area contributed by atoms with E-state index in [-0.39, 0.29) is 11.4 Å². The maximum absolute atomic E-state index is 11.9. The van der Waals surface area contributed by atoms with Gasteiger partial charge in [0.1, 0.15) is 10.8 Å². The third-order valence-corrected chi connectivity index (χ3v) is 2.47. The first-order valence-electron chi connectivity index (χ1n) is 5.45. The summed E-state index contributed by atoms with van der Waals surface area (Å²) in [6, 6.07) is 3.35. The molecule has 0 aliphatic rings. The summed E-state index contributed by atoms with van der Waals surface area (Å²) in [5, 5.41) is 2.93. The molecule has 0 aliphatic heterocycles. The summed E-state index contributed by atoms with van der Waals surface area (Å²) in [4.78, 5) is 4.28. The normalized spacial score (nSPS) is 11.3. The molecule has 0 amide bonds. The van der Waals surface area contributed by atoms with Crippen molar-refractivity contribution in [3.8, 4) is 0 Å². The number of pyridine rings is 1. The van der Waals surface area contributed by atoms with Crippen molar-refractivity contribution >= 4 is 23.0 Å². The van der Waals surface area contributed by atoms with Gasteiger partial charge in [0.15, 0.2) is 0 Å². The first-order chi connectivity index (χ1) is 8.38. The van der Waals surface area contributed by atoms with Gasteiger partial charge in [-0.25, -0.2) is 4.98 Å². The van der Waals surface area contributed by atoms with Gasteiger partial charge in [-0.05, 0) is 25.0 Å². The molecule has 1 heterocycles. The van der Waals surface area contributed by atoms with Crippen LogP contribution in [0.3, 0.4) is 0 Å². The van der Waals surface area contributed by atoms with E-state index in [1.807, 2.05) is 0 Å². The van der Waals surface area contributed by atoms with Crippen LogP contribution in [0.25, 0.3) is 0 Å². The Balaban J connectivity index is 2.31. The minimum atomic E-state index is -4.08. The maximum atomic E-state index is 11.9. The average molecular weight is 277 g/mol. The second-order valence-electron chi connectivity index (χ2n) is 3.79. The predicted molar refractivity (Wildman–Crippen MR) is 68.5 cm³/mol. The van der Waals surface area contributed by atoms with Crippen LogP contribution in [0.4, 0.5) is 19.0 Å². The number of unbranched alkanes of at least 4 members (excludes halogenated alkanes) is 1. The minimum Gasteiger partial charge on any atom is -0.389 e. The lowest BCUT2D eigenvalue weighted by Crippen LogP contribution is -2.11. The number of nitrogens with zero attached hydrogens (tertiary/aromatic N) is 1. The molecule has 0 aromatic carbocycles. The van der Waals surface area contributed by atoms with Crippen LogP contribution in [-0.2, 0) is 0 Å². The zero-order valence-electron chi connectivity index (χ0n) is 9.63. The van der Waals surface area contributed by atoms with Gasteiger partial charge in [0.05, 0.1) is 0 Å². The van der Waals surface area contributed by atoms with E-state index in [2.05, 4.69) is 10.3 Å². The number of halogens is 3. The van der Waals surface area contributed by atoms with Crippen molar-refractivity contribution in [2.45, 2.75) is 25.4 Å². The van der Waals surface area contributed by atoms with Gasteiger partial charge in [-0.1, -0.05) is 12.2 Å². The smallest absolute Gasteiger partial charge is 0.389 e. The summed E-state index contributed by atoms with van der Waals surface area (Å²) in [5.41, 5.74) is 6.14. The van der Waals surface area contributed by atoms with Gasteiger partial charge < -0.3 is 11.1 Å². The quantitative estimate of drug-likeness (QED) is 0.620. The van der Waals surface area contributed by atoms with E-state index in [9.17, 15) is 13.2 Å². The van der Waals surface area contributed by atoms with Gasteiger partial charge in [0.25, 0.3) is 0 Å². The molecule has 7 heteroatoms. The Labute approximate surface area is 109 Å². The molecule has 0 atom stereocenters. The van der Waals surface area contributed by atoms with Gasteiger partial charge in [0, 0.05) is 24.7 Å². The van der Waals surface area contributed by atoms with Gasteiger partial charge in [0.2, 0.25) is 0 Å². The highest BCUT2D eigenvalue weighted by atomic mass is 32.1. The second-order valence-corrected chi connectivity index (χ2v) is 4.23. The molecule has 3 nitrogen and oxygen atoms in total. The third kappa shape index (κ3) is 5.81. The topological polar surface area (TPSA) is 50.9 Å². The fourth-order valence-corrected chi connectivity index (χ4v) is 1.47. The minimum absolute atomic E-state index is 0.103. The molecule has 0 saturated heterocycles. The Bertz CT molecular complexity index is 407. The first-order valence-corrected chi connectivity index (χ1v) is 5.86. The molecule has 0 spiro atoms. The number of hydrogen-bond donors (Lipinski definition) is 2. The molecule has 1 rings (SSSR count). The van der Waals surface area contributed by atoms with E-state index in [1.54, 1.807) is 18.3 Å². The van der Waals surface area contributed by atoms with E-state index in [0.29, 0.717) is 24.3 Å². The third-order valence-electron chi connectivity index (χ3n) is 2.24. The standard InChI is InChI=1S/C11H14F3N3S/c12-11(13,14)4-1-2-5-16-9-7-8(10(15)18)3-6-17-9/h3,6-7H,1-2,4-5H2,(H2,15,18)(H,16,17). The average Bonchev–Trinajstić information content (AvgIpc) is 2.27. The molecule has 0 fully saturated rings. The fourth-order valence-electron chi connectivity index (χ4n) is 1.35. The lowest BCUT2D eigenvalue weighted by molar-refractivity contribution is -0.135. The summed E-state index contributed by atoms with van der Waals surface area (Å²) >= 11 is 4.81. The highest BCUT2D eigenvalue weighted by Crippen LogP contribution is 2.22. The first kappa shape index (κ1) is 14.7. The van der Waals surface area contributed by atoms with Gasteiger partial charge >= 0.3 is 6.18 Å². The SMILES string of the molecule is NC(=S)c1ccnc(NCCCCC(F)(F)F)c1. The van der Waals surface area contributed by atoms with Crippen molar-refractivity contribution in [2.24, 2.45) is 5.73 Å². The predicted octanol–water partition coefficient (Wildman–Crippen LogP) is 2.86. The Hall–Kier alpha value is -1.37. The largest absolute Gasteiger partial charge is 0.389 e. The molecular formula is C11H14F3N3S. The number of alkyl halides is 3. The molecule has 18 heavy (non-hydrogen) atoms. The van der Waals surface area contributed by atoms with Crippen molar-refractivity contribution in [2.75, 3.05) is 11.9 Å².